The van der Waals surface area contributed by atoms with Gasteiger partial charge in [0.05, 0.1) is 12.3 Å². The van der Waals surface area contributed by atoms with Gasteiger partial charge in [-0.1, -0.05) is 57.6 Å². The maximum atomic E-state index is 5.96. The smallest absolute Gasteiger partial charge is 0.0995 e. The van der Waals surface area contributed by atoms with Gasteiger partial charge in [-0.05, 0) is 45.4 Å². The fraction of sp³-hybridized carbons (Fsp3) is 0.800. The summed E-state index contributed by atoms with van der Waals surface area (Å²) in [5, 5.41) is 3.39. The maximum Gasteiger partial charge on any atom is 0.0995 e. The number of unbranched alkanes of at least 4 members (excludes halogenated alkanes) is 9. The highest BCUT2D eigenvalue weighted by atomic mass is 15.3. The van der Waals surface area contributed by atoms with Crippen LogP contribution in [0.5, 0.6) is 0 Å². The molecule has 2 unspecified atom stereocenters. The molecule has 23 heavy (non-hydrogen) atoms. The minimum Gasteiger partial charge on any atom is -0.370 e. The largest absolute Gasteiger partial charge is 0.370 e. The van der Waals surface area contributed by atoms with E-state index in [-0.39, 0.29) is 6.17 Å². The third kappa shape index (κ3) is 9.70. The van der Waals surface area contributed by atoms with E-state index in [2.05, 4.69) is 35.5 Å². The molecule has 1 heterocycles. The van der Waals surface area contributed by atoms with E-state index >= 15 is 0 Å². The van der Waals surface area contributed by atoms with E-state index in [0.29, 0.717) is 6.17 Å². The van der Waals surface area contributed by atoms with Gasteiger partial charge in [0.1, 0.15) is 0 Å². The van der Waals surface area contributed by atoms with Gasteiger partial charge in [-0.2, -0.15) is 0 Å². The lowest BCUT2D eigenvalue weighted by atomic mass is 10.1. The summed E-state index contributed by atoms with van der Waals surface area (Å²) < 4.78 is 0. The second kappa shape index (κ2) is 13.5. The van der Waals surface area contributed by atoms with Crippen LogP contribution in [0.1, 0.15) is 90.9 Å². The quantitative estimate of drug-likeness (QED) is 0.339. The Morgan fingerprint density at radius 3 is 2.22 bits per heavy atom. The van der Waals surface area contributed by atoms with Crippen LogP contribution in [0.3, 0.4) is 0 Å². The van der Waals surface area contributed by atoms with E-state index < -0.39 is 0 Å². The molecular weight excluding hydrogens is 282 g/mol. The average Bonchev–Trinajstić information content (AvgIpc) is 3.00. The van der Waals surface area contributed by atoms with Crippen LogP contribution in [0.25, 0.3) is 0 Å². The van der Waals surface area contributed by atoms with Crippen molar-refractivity contribution in [2.75, 3.05) is 0 Å². The molecule has 0 aromatic rings. The van der Waals surface area contributed by atoms with Crippen molar-refractivity contribution in [3.63, 3.8) is 0 Å². The van der Waals surface area contributed by atoms with Crippen LogP contribution in [-0.4, -0.2) is 17.2 Å². The lowest BCUT2D eigenvalue weighted by Crippen LogP contribution is -2.44. The molecule has 3 nitrogen and oxygen atoms in total. The number of hydrogen-bond acceptors (Lipinski definition) is 3. The molecule has 0 aromatic carbocycles. The molecule has 0 saturated carbocycles. The minimum atomic E-state index is 0.0957. The number of rotatable bonds is 14. The van der Waals surface area contributed by atoms with Gasteiger partial charge < -0.3 is 16.0 Å². The topological polar surface area (TPSA) is 41.3 Å². The van der Waals surface area contributed by atoms with Gasteiger partial charge in [0.25, 0.3) is 0 Å². The summed E-state index contributed by atoms with van der Waals surface area (Å²) in [6.45, 7) is 4.32. The molecule has 2 atom stereocenters. The highest BCUT2D eigenvalue weighted by Gasteiger charge is 2.20. The fourth-order valence-electron chi connectivity index (χ4n) is 3.14. The van der Waals surface area contributed by atoms with E-state index in [0.717, 1.165) is 0 Å². The predicted octanol–water partition coefficient (Wildman–Crippen LogP) is 5.25. The van der Waals surface area contributed by atoms with Crippen molar-refractivity contribution in [3.8, 4) is 0 Å². The molecule has 0 fully saturated rings. The standard InChI is InChI=1S/C20H39N3/c1-3-4-5-6-7-8-9-10-11-12-13-14-15-16-20-22-17-18-23(20)19(2)21/h9-10,17-20,22H,3-8,11-16,21H2,1-2H3/b10-9+. The number of allylic oxidation sites excluding steroid dienone is 2. The molecule has 1 aliphatic heterocycles. The van der Waals surface area contributed by atoms with Crippen LogP contribution < -0.4 is 11.1 Å². The Kier molecular flexibility index (Phi) is 11.8. The van der Waals surface area contributed by atoms with E-state index in [4.69, 9.17) is 5.73 Å². The van der Waals surface area contributed by atoms with E-state index in [1.54, 1.807) is 0 Å². The Morgan fingerprint density at radius 2 is 1.61 bits per heavy atom. The van der Waals surface area contributed by atoms with Gasteiger partial charge >= 0.3 is 0 Å². The van der Waals surface area contributed by atoms with Crippen LogP contribution in [0.15, 0.2) is 24.6 Å². The predicted molar refractivity (Wildman–Crippen MR) is 102 cm³/mol. The Morgan fingerprint density at radius 1 is 1.00 bits per heavy atom. The van der Waals surface area contributed by atoms with Crippen LogP contribution in [0.4, 0.5) is 0 Å². The normalized spacial score (nSPS) is 18.7. The summed E-state index contributed by atoms with van der Waals surface area (Å²) in [6, 6.07) is 0. The molecule has 3 heteroatoms. The van der Waals surface area contributed by atoms with Crippen LogP contribution in [-0.2, 0) is 0 Å². The molecule has 134 valence electrons. The zero-order valence-corrected chi connectivity index (χ0v) is 15.5. The van der Waals surface area contributed by atoms with Crippen molar-refractivity contribution < 1.29 is 0 Å². The number of nitrogens with two attached hydrogens (primary N) is 1. The van der Waals surface area contributed by atoms with E-state index in [1.165, 1.54) is 77.0 Å². The number of hydrogen-bond donors (Lipinski definition) is 2. The monoisotopic (exact) mass is 321 g/mol. The second-order valence-corrected chi connectivity index (χ2v) is 6.85. The molecule has 1 rings (SSSR count). The molecule has 0 aromatic heterocycles. The fourth-order valence-corrected chi connectivity index (χ4v) is 3.14. The Bertz CT molecular complexity index is 323. The van der Waals surface area contributed by atoms with Crippen LogP contribution in [0.2, 0.25) is 0 Å². The summed E-state index contributed by atoms with van der Waals surface area (Å²) >= 11 is 0. The molecule has 0 saturated heterocycles. The maximum absolute atomic E-state index is 5.96. The second-order valence-electron chi connectivity index (χ2n) is 6.85. The van der Waals surface area contributed by atoms with Gasteiger partial charge in [0, 0.05) is 12.4 Å². The first-order valence-electron chi connectivity index (χ1n) is 9.86. The zero-order valence-electron chi connectivity index (χ0n) is 15.5. The Labute approximate surface area is 144 Å². The number of nitrogens with zero attached hydrogens (tertiary/aromatic N) is 1. The van der Waals surface area contributed by atoms with Gasteiger partial charge in [0.15, 0.2) is 0 Å². The first kappa shape index (κ1) is 20.1. The van der Waals surface area contributed by atoms with Crippen LogP contribution >= 0.6 is 0 Å². The lowest BCUT2D eigenvalue weighted by molar-refractivity contribution is 0.208. The van der Waals surface area contributed by atoms with Crippen molar-refractivity contribution >= 4 is 0 Å². The SMILES string of the molecule is CCCCCCC/C=C/CCCCCCC1NC=CN1C(C)N. The van der Waals surface area contributed by atoms with Crippen molar-refractivity contribution in [1.82, 2.24) is 10.2 Å². The highest BCUT2D eigenvalue weighted by Crippen LogP contribution is 2.15. The Hall–Kier alpha value is -0.960. The summed E-state index contributed by atoms with van der Waals surface area (Å²) in [5.41, 5.74) is 5.96. The first-order valence-corrected chi connectivity index (χ1v) is 9.86. The molecular formula is C20H39N3. The summed E-state index contributed by atoms with van der Waals surface area (Å²) in [7, 11) is 0. The molecule has 0 bridgehead atoms. The summed E-state index contributed by atoms with van der Waals surface area (Å²) in [5.74, 6) is 0. The van der Waals surface area contributed by atoms with Crippen molar-refractivity contribution in [2.45, 2.75) is 103 Å². The van der Waals surface area contributed by atoms with Crippen molar-refractivity contribution in [3.05, 3.63) is 24.6 Å². The van der Waals surface area contributed by atoms with Gasteiger partial charge in [-0.15, -0.1) is 0 Å². The van der Waals surface area contributed by atoms with Gasteiger partial charge in [-0.3, -0.25) is 0 Å². The van der Waals surface area contributed by atoms with Gasteiger partial charge in [0.2, 0.25) is 0 Å². The summed E-state index contributed by atoms with van der Waals surface area (Å²) in [6.07, 6.45) is 25.3. The van der Waals surface area contributed by atoms with Crippen molar-refractivity contribution in [1.29, 1.82) is 0 Å². The highest BCUT2D eigenvalue weighted by molar-refractivity contribution is 4.95. The third-order valence-corrected chi connectivity index (χ3v) is 4.60. The molecule has 0 aliphatic carbocycles. The molecule has 3 N–H and O–H groups in total. The minimum absolute atomic E-state index is 0.0957. The first-order chi connectivity index (χ1) is 11.3. The van der Waals surface area contributed by atoms with Crippen molar-refractivity contribution in [2.24, 2.45) is 5.73 Å². The van der Waals surface area contributed by atoms with E-state index in [1.807, 2.05) is 13.1 Å². The number of nitrogens with one attached hydrogen (secondary N) is 1. The zero-order chi connectivity index (χ0) is 16.8. The molecule has 0 spiro atoms. The summed E-state index contributed by atoms with van der Waals surface area (Å²) in [4.78, 5) is 2.21. The molecule has 0 radical (unpaired) electrons. The molecule has 1 aliphatic rings. The molecule has 0 amide bonds. The lowest BCUT2D eigenvalue weighted by Gasteiger charge is -2.28. The van der Waals surface area contributed by atoms with Crippen LogP contribution in [0, 0.1) is 0 Å². The van der Waals surface area contributed by atoms with Gasteiger partial charge in [-0.25, -0.2) is 0 Å². The third-order valence-electron chi connectivity index (χ3n) is 4.60. The van der Waals surface area contributed by atoms with E-state index in [9.17, 15) is 0 Å². The average molecular weight is 322 g/mol. The Balaban J connectivity index is 1.86.